The summed E-state index contributed by atoms with van der Waals surface area (Å²) in [5.41, 5.74) is 8.27. The highest BCUT2D eigenvalue weighted by Gasteiger charge is 2.33. The molecule has 0 radical (unpaired) electrons. The predicted octanol–water partition coefficient (Wildman–Crippen LogP) is 1.80. The lowest BCUT2D eigenvalue weighted by Gasteiger charge is -2.22. The van der Waals surface area contributed by atoms with Crippen molar-refractivity contribution in [3.05, 3.63) is 47.8 Å². The number of nitrogens with one attached hydrogen (secondary N) is 1. The number of hydrogen-bond acceptors (Lipinski definition) is 3. The molecule has 19 heavy (non-hydrogen) atoms. The molecule has 1 fully saturated rings. The molecule has 0 aliphatic heterocycles. The first-order chi connectivity index (χ1) is 9.25. The Labute approximate surface area is 111 Å². The van der Waals surface area contributed by atoms with E-state index in [2.05, 4.69) is 10.2 Å². The summed E-state index contributed by atoms with van der Waals surface area (Å²) in [5.74, 6) is 0.0134. The standard InChI is InChI=1S/C14H16N4O/c15-13-4-2-1-3-10(13)9-18(12-5-6-12)14(19)11-7-16-17-8-11/h1-4,7-8,12H,5-6,9,15H2,(H,16,17). The number of rotatable bonds is 4. The highest BCUT2D eigenvalue weighted by atomic mass is 16.2. The number of H-pyrrole nitrogens is 1. The van der Waals surface area contributed by atoms with Crippen LogP contribution >= 0.6 is 0 Å². The Bertz CT molecular complexity index is 575. The van der Waals surface area contributed by atoms with Crippen LogP contribution in [0.15, 0.2) is 36.7 Å². The number of anilines is 1. The van der Waals surface area contributed by atoms with Crippen LogP contribution in [0.2, 0.25) is 0 Å². The third-order valence-electron chi connectivity index (χ3n) is 3.39. The van der Waals surface area contributed by atoms with E-state index in [4.69, 9.17) is 5.73 Å². The maximum absolute atomic E-state index is 12.4. The first-order valence-corrected chi connectivity index (χ1v) is 6.39. The van der Waals surface area contributed by atoms with Gasteiger partial charge in [0.15, 0.2) is 0 Å². The van der Waals surface area contributed by atoms with Gasteiger partial charge in [0.2, 0.25) is 0 Å². The number of nitrogens with zero attached hydrogens (tertiary/aromatic N) is 2. The second kappa shape index (κ2) is 4.76. The van der Waals surface area contributed by atoms with Crippen molar-refractivity contribution in [1.29, 1.82) is 0 Å². The molecule has 1 saturated carbocycles. The lowest BCUT2D eigenvalue weighted by Crippen LogP contribution is -2.32. The largest absolute Gasteiger partial charge is 0.398 e. The Kier molecular flexibility index (Phi) is 2.95. The zero-order valence-electron chi connectivity index (χ0n) is 10.5. The normalized spacial score (nSPS) is 14.3. The molecule has 2 aromatic rings. The van der Waals surface area contributed by atoms with E-state index < -0.39 is 0 Å². The molecule has 1 aromatic heterocycles. The minimum Gasteiger partial charge on any atom is -0.398 e. The van der Waals surface area contributed by atoms with Gasteiger partial charge in [0.25, 0.3) is 5.91 Å². The van der Waals surface area contributed by atoms with E-state index >= 15 is 0 Å². The van der Waals surface area contributed by atoms with Crippen molar-refractivity contribution in [3.8, 4) is 0 Å². The molecular formula is C14H16N4O. The minimum absolute atomic E-state index is 0.0134. The van der Waals surface area contributed by atoms with Gasteiger partial charge in [-0.15, -0.1) is 0 Å². The van der Waals surface area contributed by atoms with Crippen LogP contribution in [0.4, 0.5) is 5.69 Å². The number of para-hydroxylation sites is 1. The molecular weight excluding hydrogens is 240 g/mol. The Hall–Kier alpha value is -2.30. The summed E-state index contributed by atoms with van der Waals surface area (Å²) in [5, 5.41) is 6.51. The second-order valence-corrected chi connectivity index (χ2v) is 4.85. The van der Waals surface area contributed by atoms with Crippen molar-refractivity contribution in [2.75, 3.05) is 5.73 Å². The third kappa shape index (κ3) is 2.45. The fraction of sp³-hybridized carbons (Fsp3) is 0.286. The molecule has 0 spiro atoms. The molecule has 0 bridgehead atoms. The number of benzene rings is 1. The maximum atomic E-state index is 12.4. The zero-order valence-corrected chi connectivity index (χ0v) is 10.5. The average molecular weight is 256 g/mol. The van der Waals surface area contributed by atoms with E-state index in [9.17, 15) is 4.79 Å². The molecule has 1 aliphatic carbocycles. The Morgan fingerprint density at radius 1 is 1.42 bits per heavy atom. The molecule has 1 aliphatic rings. The van der Waals surface area contributed by atoms with Crippen LogP contribution in [0.5, 0.6) is 0 Å². The topological polar surface area (TPSA) is 75.0 Å². The van der Waals surface area contributed by atoms with Crippen molar-refractivity contribution >= 4 is 11.6 Å². The van der Waals surface area contributed by atoms with Crippen molar-refractivity contribution in [2.24, 2.45) is 0 Å². The summed E-state index contributed by atoms with van der Waals surface area (Å²) < 4.78 is 0. The number of carbonyl (C=O) groups is 1. The van der Waals surface area contributed by atoms with E-state index in [0.717, 1.165) is 24.1 Å². The summed E-state index contributed by atoms with van der Waals surface area (Å²) in [6.45, 7) is 0.557. The van der Waals surface area contributed by atoms with E-state index in [1.54, 1.807) is 12.4 Å². The summed E-state index contributed by atoms with van der Waals surface area (Å²) in [7, 11) is 0. The van der Waals surface area contributed by atoms with E-state index in [-0.39, 0.29) is 5.91 Å². The van der Waals surface area contributed by atoms with Crippen LogP contribution < -0.4 is 5.73 Å². The van der Waals surface area contributed by atoms with E-state index in [0.29, 0.717) is 18.2 Å². The molecule has 98 valence electrons. The van der Waals surface area contributed by atoms with Gasteiger partial charge in [-0.3, -0.25) is 9.89 Å². The number of hydrogen-bond donors (Lipinski definition) is 2. The van der Waals surface area contributed by atoms with E-state index in [1.165, 1.54) is 0 Å². The number of carbonyl (C=O) groups excluding carboxylic acids is 1. The lowest BCUT2D eigenvalue weighted by molar-refractivity contribution is 0.0730. The molecule has 3 rings (SSSR count). The van der Waals surface area contributed by atoms with Crippen LogP contribution in [0, 0.1) is 0 Å². The van der Waals surface area contributed by atoms with Crippen molar-refractivity contribution < 1.29 is 4.79 Å². The van der Waals surface area contributed by atoms with Crippen LogP contribution in [0.25, 0.3) is 0 Å². The van der Waals surface area contributed by atoms with Gasteiger partial charge in [-0.05, 0) is 24.5 Å². The summed E-state index contributed by atoms with van der Waals surface area (Å²) in [6.07, 6.45) is 5.32. The highest BCUT2D eigenvalue weighted by Crippen LogP contribution is 2.30. The molecule has 0 atom stereocenters. The fourth-order valence-corrected chi connectivity index (χ4v) is 2.15. The number of amides is 1. The molecule has 1 amide bonds. The zero-order chi connectivity index (χ0) is 13.2. The van der Waals surface area contributed by atoms with Crippen molar-refractivity contribution in [3.63, 3.8) is 0 Å². The summed E-state index contributed by atoms with van der Waals surface area (Å²) >= 11 is 0. The molecule has 1 aromatic carbocycles. The van der Waals surface area contributed by atoms with Gasteiger partial charge in [-0.25, -0.2) is 0 Å². The van der Waals surface area contributed by atoms with Crippen LogP contribution in [-0.4, -0.2) is 27.0 Å². The summed E-state index contributed by atoms with van der Waals surface area (Å²) in [4.78, 5) is 14.3. The van der Waals surface area contributed by atoms with Crippen LogP contribution in [0.3, 0.4) is 0 Å². The number of aromatic nitrogens is 2. The maximum Gasteiger partial charge on any atom is 0.257 e. The molecule has 1 heterocycles. The van der Waals surface area contributed by atoms with Gasteiger partial charge in [-0.2, -0.15) is 5.10 Å². The van der Waals surface area contributed by atoms with Crippen LogP contribution in [-0.2, 0) is 6.54 Å². The molecule has 0 unspecified atom stereocenters. The van der Waals surface area contributed by atoms with Crippen LogP contribution in [0.1, 0.15) is 28.8 Å². The predicted molar refractivity (Wildman–Crippen MR) is 72.3 cm³/mol. The molecule has 5 heteroatoms. The molecule has 5 nitrogen and oxygen atoms in total. The van der Waals surface area contributed by atoms with Gasteiger partial charge in [0.05, 0.1) is 11.8 Å². The number of nitrogens with two attached hydrogens (primary N) is 1. The monoisotopic (exact) mass is 256 g/mol. The quantitative estimate of drug-likeness (QED) is 0.819. The first-order valence-electron chi connectivity index (χ1n) is 6.39. The Balaban J connectivity index is 1.82. The van der Waals surface area contributed by atoms with E-state index in [1.807, 2.05) is 29.2 Å². The third-order valence-corrected chi connectivity index (χ3v) is 3.39. The van der Waals surface area contributed by atoms with Gasteiger partial charge >= 0.3 is 0 Å². The lowest BCUT2D eigenvalue weighted by atomic mass is 10.1. The average Bonchev–Trinajstić information content (AvgIpc) is 3.11. The van der Waals surface area contributed by atoms with Gasteiger partial charge in [0, 0.05) is 24.5 Å². The van der Waals surface area contributed by atoms with Gasteiger partial charge < -0.3 is 10.6 Å². The minimum atomic E-state index is 0.0134. The number of nitrogen functional groups attached to an aromatic ring is 1. The highest BCUT2D eigenvalue weighted by molar-refractivity contribution is 5.94. The number of aromatic amines is 1. The van der Waals surface area contributed by atoms with Crippen molar-refractivity contribution in [2.45, 2.75) is 25.4 Å². The summed E-state index contributed by atoms with van der Waals surface area (Å²) in [6, 6.07) is 8.01. The molecule has 0 saturated heterocycles. The van der Waals surface area contributed by atoms with Gasteiger partial charge in [-0.1, -0.05) is 18.2 Å². The van der Waals surface area contributed by atoms with Crippen molar-refractivity contribution in [1.82, 2.24) is 15.1 Å². The fourth-order valence-electron chi connectivity index (χ4n) is 2.15. The molecule has 3 N–H and O–H groups in total. The smallest absolute Gasteiger partial charge is 0.257 e. The van der Waals surface area contributed by atoms with Gasteiger partial charge in [0.1, 0.15) is 0 Å². The first kappa shape index (κ1) is 11.8. The second-order valence-electron chi connectivity index (χ2n) is 4.85. The Morgan fingerprint density at radius 3 is 2.84 bits per heavy atom. The SMILES string of the molecule is Nc1ccccc1CN(C(=O)c1cn[nH]c1)C1CC1. The Morgan fingerprint density at radius 2 is 2.21 bits per heavy atom.